The van der Waals surface area contributed by atoms with E-state index in [1.165, 1.54) is 33.8 Å². The largest absolute Gasteiger partial charge is 0.336 e. The molecule has 1 aliphatic rings. The Labute approximate surface area is 138 Å². The zero-order valence-electron chi connectivity index (χ0n) is 12.2. The molecule has 2 heterocycles. The van der Waals surface area contributed by atoms with Crippen LogP contribution in [0.5, 0.6) is 0 Å². The summed E-state index contributed by atoms with van der Waals surface area (Å²) < 4.78 is 39.7. The van der Waals surface area contributed by atoms with Gasteiger partial charge in [0.05, 0.1) is 0 Å². The molecule has 0 atom stereocenters. The lowest BCUT2D eigenvalue weighted by molar-refractivity contribution is 0.0697. The van der Waals surface area contributed by atoms with E-state index in [0.717, 1.165) is 0 Å². The molecule has 0 spiro atoms. The number of amides is 1. The smallest absolute Gasteiger partial charge is 0.254 e. The standard InChI is InChI=1S/C15H15FN2O3S2/c16-13-4-1-3-12(11-13)15(19)17-6-8-18(9-7-17)23(20,21)14-5-2-10-22-14/h1-5,10-11H,6-9H2. The predicted molar refractivity (Wildman–Crippen MR) is 85.4 cm³/mol. The molecule has 1 aromatic carbocycles. The second-order valence-electron chi connectivity index (χ2n) is 5.14. The average molecular weight is 354 g/mol. The Morgan fingerprint density at radius 1 is 1.09 bits per heavy atom. The Hall–Kier alpha value is -1.77. The lowest BCUT2D eigenvalue weighted by atomic mass is 10.2. The van der Waals surface area contributed by atoms with E-state index in [-0.39, 0.29) is 24.6 Å². The number of halogens is 1. The summed E-state index contributed by atoms with van der Waals surface area (Å²) in [5.41, 5.74) is 0.277. The van der Waals surface area contributed by atoms with E-state index in [4.69, 9.17) is 0 Å². The molecule has 5 nitrogen and oxygen atoms in total. The van der Waals surface area contributed by atoms with Crippen LogP contribution in [-0.4, -0.2) is 49.7 Å². The molecular weight excluding hydrogens is 339 g/mol. The molecule has 1 amide bonds. The molecule has 23 heavy (non-hydrogen) atoms. The molecule has 2 aromatic rings. The fourth-order valence-corrected chi connectivity index (χ4v) is 5.04. The first-order valence-electron chi connectivity index (χ1n) is 7.07. The van der Waals surface area contributed by atoms with Crippen molar-refractivity contribution in [3.8, 4) is 0 Å². The summed E-state index contributed by atoms with van der Waals surface area (Å²) in [5, 5.41) is 1.72. The third kappa shape index (κ3) is 3.29. The summed E-state index contributed by atoms with van der Waals surface area (Å²) in [5.74, 6) is -0.743. The number of carbonyl (C=O) groups is 1. The number of thiophene rings is 1. The monoisotopic (exact) mass is 354 g/mol. The van der Waals surface area contributed by atoms with Crippen molar-refractivity contribution in [2.45, 2.75) is 4.21 Å². The first kappa shape index (κ1) is 16.1. The SMILES string of the molecule is O=C(c1cccc(F)c1)N1CCN(S(=O)(=O)c2cccs2)CC1. The number of hydrogen-bond acceptors (Lipinski definition) is 4. The van der Waals surface area contributed by atoms with Crippen LogP contribution in [0, 0.1) is 5.82 Å². The topological polar surface area (TPSA) is 57.7 Å². The predicted octanol–water partition coefficient (Wildman–Crippen LogP) is 2.03. The third-order valence-electron chi connectivity index (χ3n) is 3.69. The van der Waals surface area contributed by atoms with Crippen LogP contribution in [-0.2, 0) is 10.0 Å². The molecule has 0 bridgehead atoms. The maximum absolute atomic E-state index is 13.2. The minimum atomic E-state index is -3.49. The van der Waals surface area contributed by atoms with E-state index in [1.807, 2.05) is 0 Å². The van der Waals surface area contributed by atoms with Gasteiger partial charge in [-0.3, -0.25) is 4.79 Å². The lowest BCUT2D eigenvalue weighted by Crippen LogP contribution is -2.50. The quantitative estimate of drug-likeness (QED) is 0.847. The van der Waals surface area contributed by atoms with Gasteiger partial charge in [-0.05, 0) is 29.6 Å². The molecule has 1 aliphatic heterocycles. The third-order valence-corrected chi connectivity index (χ3v) is 6.96. The van der Waals surface area contributed by atoms with E-state index in [1.54, 1.807) is 28.5 Å². The average Bonchev–Trinajstić information content (AvgIpc) is 3.09. The highest BCUT2D eigenvalue weighted by atomic mass is 32.2. The van der Waals surface area contributed by atoms with Crippen LogP contribution in [0.25, 0.3) is 0 Å². The van der Waals surface area contributed by atoms with Crippen LogP contribution >= 0.6 is 11.3 Å². The fourth-order valence-electron chi connectivity index (χ4n) is 2.47. The van der Waals surface area contributed by atoms with Gasteiger partial charge < -0.3 is 4.90 Å². The van der Waals surface area contributed by atoms with Gasteiger partial charge in [0, 0.05) is 31.7 Å². The van der Waals surface area contributed by atoms with Gasteiger partial charge in [-0.1, -0.05) is 12.1 Å². The van der Waals surface area contributed by atoms with Crippen molar-refractivity contribution >= 4 is 27.3 Å². The minimum Gasteiger partial charge on any atom is -0.336 e. The number of benzene rings is 1. The summed E-state index contributed by atoms with van der Waals surface area (Å²) in [4.78, 5) is 13.9. The van der Waals surface area contributed by atoms with E-state index in [9.17, 15) is 17.6 Å². The normalized spacial score (nSPS) is 16.5. The summed E-state index contributed by atoms with van der Waals surface area (Å²) in [7, 11) is -3.49. The number of carbonyl (C=O) groups excluding carboxylic acids is 1. The second kappa shape index (κ2) is 6.38. The highest BCUT2D eigenvalue weighted by Crippen LogP contribution is 2.22. The Kier molecular flexibility index (Phi) is 4.47. The molecule has 122 valence electrons. The van der Waals surface area contributed by atoms with Crippen LogP contribution in [0.3, 0.4) is 0 Å². The van der Waals surface area contributed by atoms with Gasteiger partial charge in [-0.15, -0.1) is 11.3 Å². The van der Waals surface area contributed by atoms with Crippen molar-refractivity contribution in [2.24, 2.45) is 0 Å². The number of nitrogens with zero attached hydrogens (tertiary/aromatic N) is 2. The number of piperazine rings is 1. The van der Waals surface area contributed by atoms with Crippen molar-refractivity contribution in [2.75, 3.05) is 26.2 Å². The Morgan fingerprint density at radius 3 is 2.43 bits per heavy atom. The number of hydrogen-bond donors (Lipinski definition) is 0. The Bertz CT molecular complexity index is 798. The second-order valence-corrected chi connectivity index (χ2v) is 8.25. The van der Waals surface area contributed by atoms with Gasteiger partial charge in [-0.2, -0.15) is 4.31 Å². The zero-order valence-corrected chi connectivity index (χ0v) is 13.8. The van der Waals surface area contributed by atoms with Gasteiger partial charge >= 0.3 is 0 Å². The molecule has 3 rings (SSSR count). The van der Waals surface area contributed by atoms with E-state index < -0.39 is 15.8 Å². The lowest BCUT2D eigenvalue weighted by Gasteiger charge is -2.33. The van der Waals surface area contributed by atoms with Crippen LogP contribution in [0.2, 0.25) is 0 Å². The first-order chi connectivity index (χ1) is 11.0. The number of rotatable bonds is 3. The van der Waals surface area contributed by atoms with Crippen LogP contribution < -0.4 is 0 Å². The maximum Gasteiger partial charge on any atom is 0.254 e. The highest BCUT2D eigenvalue weighted by Gasteiger charge is 2.30. The maximum atomic E-state index is 13.2. The molecule has 0 N–H and O–H groups in total. The fraction of sp³-hybridized carbons (Fsp3) is 0.267. The van der Waals surface area contributed by atoms with Gasteiger partial charge in [0.1, 0.15) is 10.0 Å². The molecular formula is C15H15FN2O3S2. The zero-order chi connectivity index (χ0) is 16.4. The summed E-state index contributed by atoms with van der Waals surface area (Å²) in [6.45, 7) is 1.06. The molecule has 1 aromatic heterocycles. The molecule has 0 radical (unpaired) electrons. The van der Waals surface area contributed by atoms with Gasteiger partial charge in [0.15, 0.2) is 0 Å². The van der Waals surface area contributed by atoms with Crippen molar-refractivity contribution in [3.05, 3.63) is 53.2 Å². The Balaban J connectivity index is 1.68. The molecule has 1 fully saturated rings. The molecule has 8 heteroatoms. The highest BCUT2D eigenvalue weighted by molar-refractivity contribution is 7.91. The van der Waals surface area contributed by atoms with E-state index >= 15 is 0 Å². The summed E-state index contributed by atoms with van der Waals surface area (Å²) in [6.07, 6.45) is 0. The van der Waals surface area contributed by atoms with E-state index in [0.29, 0.717) is 17.3 Å². The van der Waals surface area contributed by atoms with Crippen molar-refractivity contribution in [1.82, 2.24) is 9.21 Å². The van der Waals surface area contributed by atoms with Crippen molar-refractivity contribution < 1.29 is 17.6 Å². The molecule has 1 saturated heterocycles. The summed E-state index contributed by atoms with van der Waals surface area (Å²) >= 11 is 1.18. The first-order valence-corrected chi connectivity index (χ1v) is 9.39. The van der Waals surface area contributed by atoms with Crippen molar-refractivity contribution in [3.63, 3.8) is 0 Å². The van der Waals surface area contributed by atoms with Gasteiger partial charge in [0.2, 0.25) is 0 Å². The van der Waals surface area contributed by atoms with Crippen LogP contribution in [0.4, 0.5) is 4.39 Å². The van der Waals surface area contributed by atoms with Crippen molar-refractivity contribution in [1.29, 1.82) is 0 Å². The number of sulfonamides is 1. The molecule has 0 unspecified atom stereocenters. The summed E-state index contributed by atoms with van der Waals surface area (Å²) in [6, 6.07) is 8.78. The van der Waals surface area contributed by atoms with Crippen LogP contribution in [0.15, 0.2) is 46.0 Å². The molecule has 0 saturated carbocycles. The minimum absolute atomic E-state index is 0.237. The Morgan fingerprint density at radius 2 is 1.83 bits per heavy atom. The van der Waals surface area contributed by atoms with Gasteiger partial charge in [0.25, 0.3) is 15.9 Å². The molecule has 0 aliphatic carbocycles. The van der Waals surface area contributed by atoms with Crippen LogP contribution in [0.1, 0.15) is 10.4 Å². The van der Waals surface area contributed by atoms with Gasteiger partial charge in [-0.25, -0.2) is 12.8 Å². The van der Waals surface area contributed by atoms with E-state index in [2.05, 4.69) is 0 Å².